The molecular weight excluding hydrogens is 542 g/mol. The van der Waals surface area contributed by atoms with Crippen molar-refractivity contribution in [1.29, 1.82) is 0 Å². The van der Waals surface area contributed by atoms with Gasteiger partial charge in [0.15, 0.2) is 0 Å². The first-order chi connectivity index (χ1) is 22.1. The maximum absolute atomic E-state index is 2.44. The Bertz CT molecular complexity index is 2300. The quantitative estimate of drug-likeness (QED) is 0.192. The number of fused-ring (bicyclic) bond motifs is 3. The third kappa shape index (κ3) is 4.91. The second-order valence-corrected chi connectivity index (χ2v) is 12.3. The summed E-state index contributed by atoms with van der Waals surface area (Å²) in [5, 5.41) is 4.01. The maximum atomic E-state index is 2.44. The SMILES string of the molecule is Cc1ccccc1-c1cc(-c2cccc(-c3ccc(-n4c5c(c6ccccc64)=CC(C)CC=5)cc3)c2)ccc1-c1ccccc1. The summed E-state index contributed by atoms with van der Waals surface area (Å²) in [6.07, 6.45) is 5.92. The maximum Gasteiger partial charge on any atom is 0.0540 e. The molecule has 7 aromatic rings. The molecule has 0 saturated heterocycles. The molecule has 1 aromatic heterocycles. The molecule has 0 bridgehead atoms. The Morgan fingerprint density at radius 2 is 1.20 bits per heavy atom. The molecule has 45 heavy (non-hydrogen) atoms. The lowest BCUT2D eigenvalue weighted by atomic mass is 9.89. The smallest absolute Gasteiger partial charge is 0.0540 e. The average Bonchev–Trinajstić information content (AvgIpc) is 3.42. The number of para-hydroxylation sites is 1. The molecule has 1 atom stereocenters. The second kappa shape index (κ2) is 11.3. The van der Waals surface area contributed by atoms with Crippen molar-refractivity contribution in [2.45, 2.75) is 20.3 Å². The first kappa shape index (κ1) is 27.2. The number of benzene rings is 6. The van der Waals surface area contributed by atoms with Crippen LogP contribution in [0.4, 0.5) is 0 Å². The minimum atomic E-state index is 0.564. The van der Waals surface area contributed by atoms with Crippen LogP contribution in [0.5, 0.6) is 0 Å². The van der Waals surface area contributed by atoms with E-state index in [1.807, 2.05) is 0 Å². The van der Waals surface area contributed by atoms with E-state index in [0.717, 1.165) is 6.42 Å². The lowest BCUT2D eigenvalue weighted by Crippen LogP contribution is -2.31. The zero-order valence-electron chi connectivity index (χ0n) is 25.7. The van der Waals surface area contributed by atoms with Crippen LogP contribution in [0.25, 0.3) is 73.2 Å². The third-order valence-electron chi connectivity index (χ3n) is 9.28. The summed E-state index contributed by atoms with van der Waals surface area (Å²) in [7, 11) is 0. The number of rotatable bonds is 5. The molecule has 6 aromatic carbocycles. The molecule has 1 unspecified atom stereocenters. The van der Waals surface area contributed by atoms with Gasteiger partial charge in [-0.25, -0.2) is 0 Å². The van der Waals surface area contributed by atoms with Crippen LogP contribution in [0.1, 0.15) is 18.9 Å². The molecule has 0 amide bonds. The van der Waals surface area contributed by atoms with Gasteiger partial charge in [0.25, 0.3) is 0 Å². The molecule has 8 rings (SSSR count). The molecule has 0 spiro atoms. The van der Waals surface area contributed by atoms with Crippen molar-refractivity contribution in [3.05, 3.63) is 162 Å². The van der Waals surface area contributed by atoms with E-state index in [1.54, 1.807) is 0 Å². The van der Waals surface area contributed by atoms with E-state index < -0.39 is 0 Å². The minimum absolute atomic E-state index is 0.564. The lowest BCUT2D eigenvalue weighted by molar-refractivity contribution is 0.795. The van der Waals surface area contributed by atoms with E-state index in [0.29, 0.717) is 5.92 Å². The highest BCUT2D eigenvalue weighted by atomic mass is 15.0. The van der Waals surface area contributed by atoms with E-state index in [1.165, 1.54) is 77.2 Å². The molecule has 0 N–H and O–H groups in total. The summed E-state index contributed by atoms with van der Waals surface area (Å²) in [5.41, 5.74) is 13.6. The fraction of sp³-hybridized carbons (Fsp3) is 0.0909. The molecule has 0 saturated carbocycles. The fourth-order valence-corrected chi connectivity index (χ4v) is 6.96. The Balaban J connectivity index is 1.19. The van der Waals surface area contributed by atoms with Gasteiger partial charge in [0.2, 0.25) is 0 Å². The number of aryl methyl sites for hydroxylation is 1. The highest BCUT2D eigenvalue weighted by molar-refractivity contribution is 5.89. The lowest BCUT2D eigenvalue weighted by Gasteiger charge is -2.15. The van der Waals surface area contributed by atoms with Crippen molar-refractivity contribution in [2.24, 2.45) is 5.92 Å². The van der Waals surface area contributed by atoms with Gasteiger partial charge in [-0.3, -0.25) is 0 Å². The Labute approximate surface area is 265 Å². The van der Waals surface area contributed by atoms with E-state index in [9.17, 15) is 0 Å². The number of hydrogen-bond donors (Lipinski definition) is 0. The summed E-state index contributed by atoms with van der Waals surface area (Å²) < 4.78 is 2.43. The first-order valence-electron chi connectivity index (χ1n) is 15.9. The monoisotopic (exact) mass is 577 g/mol. The van der Waals surface area contributed by atoms with Crippen LogP contribution in [0.15, 0.2) is 146 Å². The Morgan fingerprint density at radius 3 is 2.02 bits per heavy atom. The predicted molar refractivity (Wildman–Crippen MR) is 192 cm³/mol. The van der Waals surface area contributed by atoms with E-state index in [2.05, 4.69) is 176 Å². The van der Waals surface area contributed by atoms with Gasteiger partial charge in [-0.2, -0.15) is 0 Å². The highest BCUT2D eigenvalue weighted by Gasteiger charge is 2.14. The van der Waals surface area contributed by atoms with Crippen molar-refractivity contribution in [3.63, 3.8) is 0 Å². The summed E-state index contributed by atoms with van der Waals surface area (Å²) in [6.45, 7) is 4.50. The van der Waals surface area contributed by atoms with Crippen LogP contribution in [-0.4, -0.2) is 4.57 Å². The number of aromatic nitrogens is 1. The summed E-state index contributed by atoms with van der Waals surface area (Å²) in [4.78, 5) is 0. The van der Waals surface area contributed by atoms with Gasteiger partial charge >= 0.3 is 0 Å². The van der Waals surface area contributed by atoms with E-state index in [4.69, 9.17) is 0 Å². The third-order valence-corrected chi connectivity index (χ3v) is 9.28. The number of nitrogens with zero attached hydrogens (tertiary/aromatic N) is 1. The van der Waals surface area contributed by atoms with Crippen molar-refractivity contribution >= 4 is 23.1 Å². The largest absolute Gasteiger partial charge is 0.310 e. The highest BCUT2D eigenvalue weighted by Crippen LogP contribution is 2.38. The summed E-state index contributed by atoms with van der Waals surface area (Å²) in [5.74, 6) is 0.564. The van der Waals surface area contributed by atoms with Crippen LogP contribution < -0.4 is 10.6 Å². The van der Waals surface area contributed by atoms with Gasteiger partial charge in [0.05, 0.1) is 5.52 Å². The molecule has 1 aliphatic carbocycles. The Kier molecular flexibility index (Phi) is 6.80. The van der Waals surface area contributed by atoms with Gasteiger partial charge < -0.3 is 4.57 Å². The molecular formula is C44H35N. The Morgan fingerprint density at radius 1 is 0.533 bits per heavy atom. The van der Waals surface area contributed by atoms with E-state index in [-0.39, 0.29) is 0 Å². The molecule has 1 heterocycles. The zero-order valence-corrected chi connectivity index (χ0v) is 25.7. The van der Waals surface area contributed by atoms with Crippen molar-refractivity contribution < 1.29 is 0 Å². The Hall–Kier alpha value is -5.40. The minimum Gasteiger partial charge on any atom is -0.310 e. The average molecular weight is 578 g/mol. The summed E-state index contributed by atoms with van der Waals surface area (Å²) in [6, 6.07) is 53.1. The normalized spacial score (nSPS) is 14.0. The van der Waals surface area contributed by atoms with Crippen LogP contribution >= 0.6 is 0 Å². The first-order valence-corrected chi connectivity index (χ1v) is 15.9. The molecule has 1 aliphatic rings. The summed E-state index contributed by atoms with van der Waals surface area (Å²) >= 11 is 0. The van der Waals surface area contributed by atoms with Gasteiger partial charge in [-0.15, -0.1) is 0 Å². The van der Waals surface area contributed by atoms with Gasteiger partial charge in [-0.05, 0) is 99.7 Å². The molecule has 0 radical (unpaired) electrons. The van der Waals surface area contributed by atoms with Crippen molar-refractivity contribution in [1.82, 2.24) is 4.57 Å². The van der Waals surface area contributed by atoms with Crippen molar-refractivity contribution in [2.75, 3.05) is 0 Å². The van der Waals surface area contributed by atoms with Crippen LogP contribution in [0.2, 0.25) is 0 Å². The van der Waals surface area contributed by atoms with Crippen molar-refractivity contribution in [3.8, 4) is 50.2 Å². The van der Waals surface area contributed by atoms with Gasteiger partial charge in [0.1, 0.15) is 0 Å². The number of hydrogen-bond acceptors (Lipinski definition) is 0. The predicted octanol–water partition coefficient (Wildman–Crippen LogP) is 10.2. The topological polar surface area (TPSA) is 4.93 Å². The molecule has 1 nitrogen and oxygen atoms in total. The van der Waals surface area contributed by atoms with Crippen LogP contribution in [-0.2, 0) is 0 Å². The van der Waals surface area contributed by atoms with Gasteiger partial charge in [0, 0.05) is 21.6 Å². The fourth-order valence-electron chi connectivity index (χ4n) is 6.96. The molecule has 0 fully saturated rings. The van der Waals surface area contributed by atoms with E-state index >= 15 is 0 Å². The molecule has 0 aliphatic heterocycles. The zero-order chi connectivity index (χ0) is 30.3. The van der Waals surface area contributed by atoms with Crippen LogP contribution in [0.3, 0.4) is 0 Å². The standard InChI is InChI=1S/C44H35N/c1-30-19-26-44-42(27-30)40-17-8-9-18-43(40)45(44)37-23-20-32(21-24-37)34-14-10-15-35(28-34)36-22-25-39(33-12-4-3-5-13-33)41(29-36)38-16-7-6-11-31(38)2/h3-18,20-30H,19H2,1-2H3. The van der Waals surface area contributed by atoms with Gasteiger partial charge in [-0.1, -0.05) is 134 Å². The second-order valence-electron chi connectivity index (χ2n) is 12.3. The molecule has 216 valence electrons. The molecule has 1 heteroatoms. The van der Waals surface area contributed by atoms with Crippen LogP contribution in [0, 0.1) is 12.8 Å².